The maximum atomic E-state index is 11.4. The molecule has 1 aliphatic carbocycles. The SMILES string of the molecule is CS(=O)CCn1nc(C2CC2)c(/C(Cl)=C(\N)c2ccccc2)c1N. The first-order chi connectivity index (χ1) is 11.5. The molecule has 0 saturated heterocycles. The number of nitrogens with zero attached hydrogens (tertiary/aromatic N) is 2. The molecule has 1 atom stereocenters. The van der Waals surface area contributed by atoms with Crippen molar-refractivity contribution in [2.75, 3.05) is 17.7 Å². The molecule has 1 heterocycles. The monoisotopic (exact) mass is 364 g/mol. The average Bonchev–Trinajstić information content (AvgIpc) is 3.37. The van der Waals surface area contributed by atoms with Crippen LogP contribution in [0.4, 0.5) is 5.82 Å². The third kappa shape index (κ3) is 3.49. The molecule has 0 bridgehead atoms. The van der Waals surface area contributed by atoms with Gasteiger partial charge in [0.25, 0.3) is 0 Å². The number of hydrogen-bond donors (Lipinski definition) is 2. The standard InChI is InChI=1S/C17H21ClN4OS/c1-24(23)10-9-22-17(20)13(16(21-22)12-7-8-12)14(18)15(19)11-5-3-2-4-6-11/h2-6,12H,7-10,19-20H2,1H3/b15-14+. The number of benzene rings is 1. The van der Waals surface area contributed by atoms with E-state index in [1.165, 1.54) is 0 Å². The van der Waals surface area contributed by atoms with E-state index < -0.39 is 10.8 Å². The number of halogens is 1. The molecule has 0 spiro atoms. The molecular weight excluding hydrogens is 344 g/mol. The van der Waals surface area contributed by atoms with Crippen LogP contribution in [0, 0.1) is 0 Å². The summed E-state index contributed by atoms with van der Waals surface area (Å²) in [5, 5.41) is 5.06. The lowest BCUT2D eigenvalue weighted by Gasteiger charge is -2.08. The lowest BCUT2D eigenvalue weighted by molar-refractivity contribution is 0.644. The Morgan fingerprint density at radius 3 is 2.62 bits per heavy atom. The maximum absolute atomic E-state index is 11.4. The molecule has 1 aromatic carbocycles. The van der Waals surface area contributed by atoms with Crippen LogP contribution in [-0.2, 0) is 17.3 Å². The van der Waals surface area contributed by atoms with Gasteiger partial charge in [0.2, 0.25) is 0 Å². The van der Waals surface area contributed by atoms with Gasteiger partial charge < -0.3 is 11.5 Å². The van der Waals surface area contributed by atoms with Crippen molar-refractivity contribution in [3.8, 4) is 0 Å². The van der Waals surface area contributed by atoms with Crippen LogP contribution in [0.1, 0.15) is 35.6 Å². The van der Waals surface area contributed by atoms with Crippen molar-refractivity contribution in [3.05, 3.63) is 47.2 Å². The van der Waals surface area contributed by atoms with Gasteiger partial charge in [-0.15, -0.1) is 0 Å². The third-order valence-electron chi connectivity index (χ3n) is 4.11. The molecule has 128 valence electrons. The van der Waals surface area contributed by atoms with Gasteiger partial charge in [0, 0.05) is 28.7 Å². The van der Waals surface area contributed by atoms with Crippen molar-refractivity contribution < 1.29 is 4.21 Å². The molecule has 2 aromatic rings. The van der Waals surface area contributed by atoms with Crippen LogP contribution in [0.5, 0.6) is 0 Å². The Balaban J connectivity index is 2.04. The smallest absolute Gasteiger partial charge is 0.130 e. The fourth-order valence-corrected chi connectivity index (χ4v) is 3.36. The maximum Gasteiger partial charge on any atom is 0.130 e. The summed E-state index contributed by atoms with van der Waals surface area (Å²) in [6.45, 7) is 0.504. The predicted octanol–water partition coefficient (Wildman–Crippen LogP) is 2.74. The molecule has 0 radical (unpaired) electrons. The number of aryl methyl sites for hydroxylation is 1. The lowest BCUT2D eigenvalue weighted by Crippen LogP contribution is -2.11. The van der Waals surface area contributed by atoms with E-state index in [1.807, 2.05) is 30.3 Å². The highest BCUT2D eigenvalue weighted by molar-refractivity contribution is 7.84. The van der Waals surface area contributed by atoms with Crippen molar-refractivity contribution in [1.29, 1.82) is 0 Å². The van der Waals surface area contributed by atoms with Crippen LogP contribution in [-0.4, -0.2) is 26.0 Å². The van der Waals surface area contributed by atoms with E-state index in [-0.39, 0.29) is 0 Å². The Kier molecular flexibility index (Phi) is 4.96. The van der Waals surface area contributed by atoms with Crippen LogP contribution < -0.4 is 11.5 Å². The summed E-state index contributed by atoms with van der Waals surface area (Å²) in [5.41, 5.74) is 15.5. The number of aromatic nitrogens is 2. The summed E-state index contributed by atoms with van der Waals surface area (Å²) in [4.78, 5) is 0. The van der Waals surface area contributed by atoms with Crippen LogP contribution >= 0.6 is 11.6 Å². The number of nitrogen functional groups attached to an aromatic ring is 1. The minimum absolute atomic E-state index is 0.382. The van der Waals surface area contributed by atoms with Crippen molar-refractivity contribution in [2.24, 2.45) is 5.73 Å². The topological polar surface area (TPSA) is 86.9 Å². The van der Waals surface area contributed by atoms with Crippen LogP contribution in [0.2, 0.25) is 0 Å². The highest BCUT2D eigenvalue weighted by Gasteiger charge is 2.33. The average molecular weight is 365 g/mol. The van der Waals surface area contributed by atoms with Gasteiger partial charge in [0.15, 0.2) is 0 Å². The zero-order chi connectivity index (χ0) is 17.3. The number of hydrogen-bond acceptors (Lipinski definition) is 4. The van der Waals surface area contributed by atoms with Gasteiger partial charge in [-0.2, -0.15) is 5.10 Å². The van der Waals surface area contributed by atoms with E-state index in [1.54, 1.807) is 10.9 Å². The molecule has 1 saturated carbocycles. The van der Waals surface area contributed by atoms with Crippen molar-refractivity contribution in [1.82, 2.24) is 9.78 Å². The summed E-state index contributed by atoms with van der Waals surface area (Å²) in [6, 6.07) is 9.58. The fourth-order valence-electron chi connectivity index (χ4n) is 2.63. The van der Waals surface area contributed by atoms with Crippen molar-refractivity contribution in [2.45, 2.75) is 25.3 Å². The zero-order valence-electron chi connectivity index (χ0n) is 13.5. The molecule has 1 aromatic heterocycles. The molecule has 1 aliphatic rings. The second-order valence-electron chi connectivity index (χ2n) is 6.01. The van der Waals surface area contributed by atoms with Gasteiger partial charge in [-0.05, 0) is 18.4 Å². The first-order valence-electron chi connectivity index (χ1n) is 7.86. The van der Waals surface area contributed by atoms with E-state index in [9.17, 15) is 4.21 Å². The van der Waals surface area contributed by atoms with E-state index in [0.29, 0.717) is 34.8 Å². The van der Waals surface area contributed by atoms with Crippen molar-refractivity contribution >= 4 is 38.9 Å². The molecule has 5 nitrogen and oxygen atoms in total. The Morgan fingerprint density at radius 2 is 2.04 bits per heavy atom. The highest BCUT2D eigenvalue weighted by atomic mass is 35.5. The Bertz CT molecular complexity index is 796. The van der Waals surface area contributed by atoms with Gasteiger partial charge in [-0.3, -0.25) is 4.21 Å². The first-order valence-corrected chi connectivity index (χ1v) is 9.96. The normalized spacial score (nSPS) is 16.8. The summed E-state index contributed by atoms with van der Waals surface area (Å²) >= 11 is 6.61. The predicted molar refractivity (Wildman–Crippen MR) is 101 cm³/mol. The minimum Gasteiger partial charge on any atom is -0.397 e. The van der Waals surface area contributed by atoms with E-state index in [0.717, 1.165) is 29.7 Å². The van der Waals surface area contributed by atoms with E-state index in [2.05, 4.69) is 5.10 Å². The molecule has 1 fully saturated rings. The molecule has 0 aliphatic heterocycles. The Morgan fingerprint density at radius 1 is 1.38 bits per heavy atom. The molecule has 0 amide bonds. The molecule has 3 rings (SSSR count). The van der Waals surface area contributed by atoms with Gasteiger partial charge in [0.05, 0.1) is 28.5 Å². The molecular formula is C17H21ClN4OS. The fraction of sp³-hybridized carbons (Fsp3) is 0.353. The van der Waals surface area contributed by atoms with E-state index >= 15 is 0 Å². The first kappa shape index (κ1) is 17.0. The van der Waals surface area contributed by atoms with Gasteiger partial charge in [-0.1, -0.05) is 41.9 Å². The third-order valence-corrected chi connectivity index (χ3v) is 5.26. The second kappa shape index (κ2) is 6.99. The highest BCUT2D eigenvalue weighted by Crippen LogP contribution is 2.45. The lowest BCUT2D eigenvalue weighted by atomic mass is 10.1. The summed E-state index contributed by atoms with van der Waals surface area (Å²) < 4.78 is 13.1. The molecule has 1 unspecified atom stereocenters. The van der Waals surface area contributed by atoms with Crippen molar-refractivity contribution in [3.63, 3.8) is 0 Å². The quantitative estimate of drug-likeness (QED) is 0.825. The van der Waals surface area contributed by atoms with Gasteiger partial charge >= 0.3 is 0 Å². The minimum atomic E-state index is -0.902. The summed E-state index contributed by atoms with van der Waals surface area (Å²) in [7, 11) is -0.902. The molecule has 7 heteroatoms. The largest absolute Gasteiger partial charge is 0.397 e. The summed E-state index contributed by atoms with van der Waals surface area (Å²) in [6.07, 6.45) is 3.83. The van der Waals surface area contributed by atoms with Crippen LogP contribution in [0.15, 0.2) is 30.3 Å². The molecule has 4 N–H and O–H groups in total. The number of anilines is 1. The number of nitrogens with two attached hydrogens (primary N) is 2. The Labute approximate surface area is 149 Å². The zero-order valence-corrected chi connectivity index (χ0v) is 15.1. The van der Waals surface area contributed by atoms with E-state index in [4.69, 9.17) is 23.1 Å². The molecule has 24 heavy (non-hydrogen) atoms. The van der Waals surface area contributed by atoms with Gasteiger partial charge in [0.1, 0.15) is 5.82 Å². The van der Waals surface area contributed by atoms with Gasteiger partial charge in [-0.25, -0.2) is 4.68 Å². The Hall–Kier alpha value is -1.79. The second-order valence-corrected chi connectivity index (χ2v) is 7.95. The van der Waals surface area contributed by atoms with Crippen LogP contribution in [0.25, 0.3) is 10.7 Å². The number of rotatable bonds is 6. The summed E-state index contributed by atoms with van der Waals surface area (Å²) in [5.74, 6) is 1.38. The van der Waals surface area contributed by atoms with Crippen LogP contribution in [0.3, 0.4) is 0 Å².